The molecule has 0 aliphatic rings. The van der Waals surface area contributed by atoms with Crippen molar-refractivity contribution in [1.82, 2.24) is 0 Å². The summed E-state index contributed by atoms with van der Waals surface area (Å²) in [5, 5.41) is 0. The van der Waals surface area contributed by atoms with Crippen molar-refractivity contribution in [3.63, 3.8) is 0 Å². The standard InChI is InChI=1S/C13H18ClNO/c1-9-5-6-12(10(2)7-9)15(4)13(16)11(3)8-14/h5-7,11H,8H2,1-4H3. The number of benzene rings is 1. The van der Waals surface area contributed by atoms with Crippen LogP contribution in [0.2, 0.25) is 0 Å². The van der Waals surface area contributed by atoms with Crippen LogP contribution in [0.3, 0.4) is 0 Å². The molecule has 0 heterocycles. The van der Waals surface area contributed by atoms with Gasteiger partial charge in [0.15, 0.2) is 0 Å². The van der Waals surface area contributed by atoms with Gasteiger partial charge in [-0.2, -0.15) is 0 Å². The van der Waals surface area contributed by atoms with Gasteiger partial charge in [-0.15, -0.1) is 11.6 Å². The fourth-order valence-corrected chi connectivity index (χ4v) is 1.83. The summed E-state index contributed by atoms with van der Waals surface area (Å²) in [6.07, 6.45) is 0. The molecule has 1 rings (SSSR count). The molecule has 0 saturated carbocycles. The summed E-state index contributed by atoms with van der Waals surface area (Å²) in [7, 11) is 1.79. The maximum absolute atomic E-state index is 12.0. The molecule has 2 nitrogen and oxygen atoms in total. The molecular weight excluding hydrogens is 222 g/mol. The van der Waals surface area contributed by atoms with E-state index in [1.54, 1.807) is 11.9 Å². The molecule has 1 aromatic rings. The van der Waals surface area contributed by atoms with E-state index in [0.717, 1.165) is 11.3 Å². The van der Waals surface area contributed by atoms with Crippen LogP contribution in [-0.4, -0.2) is 18.8 Å². The lowest BCUT2D eigenvalue weighted by Crippen LogP contribution is -2.32. The van der Waals surface area contributed by atoms with E-state index in [-0.39, 0.29) is 11.8 Å². The summed E-state index contributed by atoms with van der Waals surface area (Å²) in [5.41, 5.74) is 3.26. The largest absolute Gasteiger partial charge is 0.315 e. The molecule has 0 fully saturated rings. The molecule has 0 aromatic heterocycles. The Morgan fingerprint density at radius 3 is 2.56 bits per heavy atom. The number of amides is 1. The van der Waals surface area contributed by atoms with Gasteiger partial charge < -0.3 is 4.90 Å². The van der Waals surface area contributed by atoms with Crippen molar-refractivity contribution in [1.29, 1.82) is 0 Å². The Bertz CT molecular complexity index is 390. The van der Waals surface area contributed by atoms with E-state index in [1.807, 2.05) is 32.9 Å². The van der Waals surface area contributed by atoms with Crippen molar-refractivity contribution < 1.29 is 4.79 Å². The molecule has 0 spiro atoms. The van der Waals surface area contributed by atoms with Crippen molar-refractivity contribution in [3.05, 3.63) is 29.3 Å². The van der Waals surface area contributed by atoms with Crippen LogP contribution in [0.5, 0.6) is 0 Å². The van der Waals surface area contributed by atoms with Crippen LogP contribution < -0.4 is 4.90 Å². The van der Waals surface area contributed by atoms with Gasteiger partial charge in [0.2, 0.25) is 5.91 Å². The van der Waals surface area contributed by atoms with E-state index in [9.17, 15) is 4.79 Å². The second kappa shape index (κ2) is 5.35. The van der Waals surface area contributed by atoms with Crippen LogP contribution in [0.1, 0.15) is 18.1 Å². The number of hydrogen-bond acceptors (Lipinski definition) is 1. The molecule has 88 valence electrons. The number of carbonyl (C=O) groups is 1. The van der Waals surface area contributed by atoms with Crippen molar-refractivity contribution in [2.45, 2.75) is 20.8 Å². The number of halogens is 1. The molecular formula is C13H18ClNO. The van der Waals surface area contributed by atoms with E-state index >= 15 is 0 Å². The summed E-state index contributed by atoms with van der Waals surface area (Å²) in [6.45, 7) is 5.90. The Morgan fingerprint density at radius 2 is 2.06 bits per heavy atom. The second-order valence-electron chi connectivity index (χ2n) is 4.24. The van der Waals surface area contributed by atoms with Gasteiger partial charge in [-0.25, -0.2) is 0 Å². The highest BCUT2D eigenvalue weighted by Gasteiger charge is 2.18. The van der Waals surface area contributed by atoms with E-state index in [1.165, 1.54) is 5.56 Å². The minimum atomic E-state index is -0.146. The van der Waals surface area contributed by atoms with Crippen LogP contribution in [0, 0.1) is 19.8 Å². The predicted molar refractivity (Wildman–Crippen MR) is 69.2 cm³/mol. The molecule has 1 unspecified atom stereocenters. The van der Waals surface area contributed by atoms with Crippen molar-refractivity contribution in [3.8, 4) is 0 Å². The maximum Gasteiger partial charge on any atom is 0.230 e. The zero-order chi connectivity index (χ0) is 12.3. The zero-order valence-electron chi connectivity index (χ0n) is 10.2. The lowest BCUT2D eigenvalue weighted by atomic mass is 10.1. The molecule has 0 aliphatic heterocycles. The van der Waals surface area contributed by atoms with Gasteiger partial charge in [0.25, 0.3) is 0 Å². The number of carbonyl (C=O) groups excluding carboxylic acids is 1. The van der Waals surface area contributed by atoms with E-state index in [2.05, 4.69) is 6.07 Å². The van der Waals surface area contributed by atoms with Gasteiger partial charge in [0.1, 0.15) is 0 Å². The summed E-state index contributed by atoms with van der Waals surface area (Å²) in [5.74, 6) is 0.267. The normalized spacial score (nSPS) is 12.3. The molecule has 1 atom stereocenters. The molecule has 0 saturated heterocycles. The average molecular weight is 240 g/mol. The van der Waals surface area contributed by atoms with E-state index < -0.39 is 0 Å². The first-order valence-corrected chi connectivity index (χ1v) is 5.91. The number of rotatable bonds is 3. The monoisotopic (exact) mass is 239 g/mol. The van der Waals surface area contributed by atoms with Crippen LogP contribution in [0.25, 0.3) is 0 Å². The lowest BCUT2D eigenvalue weighted by Gasteiger charge is -2.22. The number of alkyl halides is 1. The van der Waals surface area contributed by atoms with Crippen LogP contribution in [0.4, 0.5) is 5.69 Å². The molecule has 0 aliphatic carbocycles. The average Bonchev–Trinajstić information content (AvgIpc) is 2.26. The molecule has 1 amide bonds. The third kappa shape index (κ3) is 2.76. The SMILES string of the molecule is Cc1ccc(N(C)C(=O)C(C)CCl)c(C)c1. The molecule has 16 heavy (non-hydrogen) atoms. The highest BCUT2D eigenvalue weighted by atomic mass is 35.5. The molecule has 1 aromatic carbocycles. The van der Waals surface area contributed by atoms with Gasteiger partial charge >= 0.3 is 0 Å². The first-order valence-electron chi connectivity index (χ1n) is 5.38. The molecule has 0 N–H and O–H groups in total. The first-order chi connectivity index (χ1) is 7.47. The Labute approximate surface area is 102 Å². The molecule has 0 bridgehead atoms. The highest BCUT2D eigenvalue weighted by molar-refractivity contribution is 6.19. The third-order valence-electron chi connectivity index (χ3n) is 2.70. The highest BCUT2D eigenvalue weighted by Crippen LogP contribution is 2.21. The zero-order valence-corrected chi connectivity index (χ0v) is 11.0. The molecule has 0 radical (unpaired) electrons. The van der Waals surface area contributed by atoms with Crippen LogP contribution in [0.15, 0.2) is 18.2 Å². The smallest absolute Gasteiger partial charge is 0.230 e. The fourth-order valence-electron chi connectivity index (χ4n) is 1.70. The van der Waals surface area contributed by atoms with Crippen LogP contribution in [-0.2, 0) is 4.79 Å². The maximum atomic E-state index is 12.0. The topological polar surface area (TPSA) is 20.3 Å². The first kappa shape index (κ1) is 13.0. The van der Waals surface area contributed by atoms with Crippen molar-refractivity contribution in [2.75, 3.05) is 17.8 Å². The predicted octanol–water partition coefficient (Wildman–Crippen LogP) is 3.14. The van der Waals surface area contributed by atoms with Crippen LogP contribution >= 0.6 is 11.6 Å². The number of nitrogens with zero attached hydrogens (tertiary/aromatic N) is 1. The van der Waals surface area contributed by atoms with Gasteiger partial charge in [0.05, 0.1) is 0 Å². The second-order valence-corrected chi connectivity index (χ2v) is 4.55. The Balaban J connectivity index is 2.96. The number of anilines is 1. The minimum Gasteiger partial charge on any atom is -0.315 e. The number of aryl methyl sites for hydroxylation is 2. The number of hydrogen-bond donors (Lipinski definition) is 0. The minimum absolute atomic E-state index is 0.0574. The lowest BCUT2D eigenvalue weighted by molar-refractivity contribution is -0.121. The van der Waals surface area contributed by atoms with Crippen molar-refractivity contribution in [2.24, 2.45) is 5.92 Å². The summed E-state index contributed by atoms with van der Waals surface area (Å²) >= 11 is 5.70. The van der Waals surface area contributed by atoms with Crippen molar-refractivity contribution >= 4 is 23.2 Å². The van der Waals surface area contributed by atoms with Gasteiger partial charge in [-0.3, -0.25) is 4.79 Å². The summed E-state index contributed by atoms with van der Waals surface area (Å²) in [6, 6.07) is 6.06. The summed E-state index contributed by atoms with van der Waals surface area (Å²) < 4.78 is 0. The fraction of sp³-hybridized carbons (Fsp3) is 0.462. The van der Waals surface area contributed by atoms with Gasteiger partial charge in [-0.05, 0) is 25.5 Å². The Morgan fingerprint density at radius 1 is 1.44 bits per heavy atom. The van der Waals surface area contributed by atoms with E-state index in [0.29, 0.717) is 5.88 Å². The Hall–Kier alpha value is -1.02. The van der Waals surface area contributed by atoms with Gasteiger partial charge in [0, 0.05) is 24.5 Å². The van der Waals surface area contributed by atoms with Gasteiger partial charge in [-0.1, -0.05) is 24.6 Å². The molecule has 3 heteroatoms. The quantitative estimate of drug-likeness (QED) is 0.743. The Kier molecular flexibility index (Phi) is 4.36. The van der Waals surface area contributed by atoms with E-state index in [4.69, 9.17) is 11.6 Å². The summed E-state index contributed by atoms with van der Waals surface area (Å²) in [4.78, 5) is 13.6. The third-order valence-corrected chi connectivity index (χ3v) is 3.16.